The van der Waals surface area contributed by atoms with E-state index in [0.29, 0.717) is 12.4 Å². The number of halogens is 1. The van der Waals surface area contributed by atoms with Crippen LogP contribution in [-0.4, -0.2) is 30.4 Å². The Morgan fingerprint density at radius 2 is 1.96 bits per heavy atom. The van der Waals surface area contributed by atoms with Gasteiger partial charge in [-0.15, -0.1) is 12.4 Å². The van der Waals surface area contributed by atoms with Crippen LogP contribution in [-0.2, 0) is 6.61 Å². The summed E-state index contributed by atoms with van der Waals surface area (Å²) in [5, 5.41) is 3.36. The van der Waals surface area contributed by atoms with Gasteiger partial charge in [0.05, 0.1) is 11.6 Å². The molecule has 120 valence electrons. The summed E-state index contributed by atoms with van der Waals surface area (Å²) in [7, 11) is 0. The van der Waals surface area contributed by atoms with Crippen LogP contribution in [0.4, 0.5) is 0 Å². The SMILES string of the molecule is Cl.O=C1c2c(OCc3ccccc3)cccc2C2CNCCN12. The molecule has 0 aromatic heterocycles. The van der Waals surface area contributed by atoms with Crippen molar-refractivity contribution in [3.63, 3.8) is 0 Å². The number of benzene rings is 2. The summed E-state index contributed by atoms with van der Waals surface area (Å²) in [5.74, 6) is 0.797. The fraction of sp³-hybridized carbons (Fsp3) is 0.278. The molecule has 1 amide bonds. The van der Waals surface area contributed by atoms with E-state index in [2.05, 4.69) is 5.32 Å². The molecule has 0 spiro atoms. The average molecular weight is 331 g/mol. The van der Waals surface area contributed by atoms with Crippen molar-refractivity contribution in [2.24, 2.45) is 0 Å². The first kappa shape index (κ1) is 15.8. The van der Waals surface area contributed by atoms with Crippen LogP contribution in [0.2, 0.25) is 0 Å². The summed E-state index contributed by atoms with van der Waals surface area (Å²) in [6, 6.07) is 16.1. The first-order chi connectivity index (χ1) is 10.8. The Hall–Kier alpha value is -2.04. The molecule has 0 bridgehead atoms. The van der Waals surface area contributed by atoms with Gasteiger partial charge in [-0.25, -0.2) is 0 Å². The summed E-state index contributed by atoms with van der Waals surface area (Å²) in [5.41, 5.74) is 2.93. The van der Waals surface area contributed by atoms with Gasteiger partial charge in [0.2, 0.25) is 0 Å². The van der Waals surface area contributed by atoms with Crippen LogP contribution in [0.3, 0.4) is 0 Å². The number of hydrogen-bond donors (Lipinski definition) is 1. The van der Waals surface area contributed by atoms with Crippen LogP contribution in [0.1, 0.15) is 27.5 Å². The molecule has 0 aliphatic carbocycles. The third-order valence-electron chi connectivity index (χ3n) is 4.37. The highest BCUT2D eigenvalue weighted by Crippen LogP contribution is 2.39. The molecule has 2 aliphatic heterocycles. The second kappa shape index (κ2) is 6.60. The molecular weight excluding hydrogens is 312 g/mol. The third kappa shape index (κ3) is 2.80. The van der Waals surface area contributed by atoms with E-state index in [-0.39, 0.29) is 24.4 Å². The highest BCUT2D eigenvalue weighted by Gasteiger charge is 2.39. The van der Waals surface area contributed by atoms with Crippen LogP contribution in [0, 0.1) is 0 Å². The molecular formula is C18H19ClN2O2. The van der Waals surface area contributed by atoms with Crippen LogP contribution in [0.5, 0.6) is 5.75 Å². The van der Waals surface area contributed by atoms with Gasteiger partial charge in [-0.3, -0.25) is 4.79 Å². The Morgan fingerprint density at radius 3 is 2.78 bits per heavy atom. The topological polar surface area (TPSA) is 41.6 Å². The number of amides is 1. The number of fused-ring (bicyclic) bond motifs is 3. The number of hydrogen-bond acceptors (Lipinski definition) is 3. The van der Waals surface area contributed by atoms with Gasteiger partial charge < -0.3 is 15.0 Å². The fourth-order valence-electron chi connectivity index (χ4n) is 3.28. The lowest BCUT2D eigenvalue weighted by molar-refractivity contribution is 0.0688. The Labute approximate surface area is 141 Å². The zero-order valence-electron chi connectivity index (χ0n) is 12.7. The van der Waals surface area contributed by atoms with Gasteiger partial charge in [-0.05, 0) is 17.2 Å². The van der Waals surface area contributed by atoms with Crippen molar-refractivity contribution in [2.45, 2.75) is 12.6 Å². The molecule has 1 unspecified atom stereocenters. The summed E-state index contributed by atoms with van der Waals surface area (Å²) < 4.78 is 5.94. The number of carbonyl (C=O) groups is 1. The molecule has 1 atom stereocenters. The van der Waals surface area contributed by atoms with Crippen molar-refractivity contribution in [1.29, 1.82) is 0 Å². The maximum Gasteiger partial charge on any atom is 0.258 e. The molecule has 2 aliphatic rings. The van der Waals surface area contributed by atoms with Gasteiger partial charge in [-0.1, -0.05) is 42.5 Å². The predicted octanol–water partition coefficient (Wildman–Crippen LogP) is 2.79. The summed E-state index contributed by atoms with van der Waals surface area (Å²) in [6.45, 7) is 2.92. The van der Waals surface area contributed by atoms with Gasteiger partial charge in [0, 0.05) is 19.6 Å². The van der Waals surface area contributed by atoms with Crippen molar-refractivity contribution in [1.82, 2.24) is 10.2 Å². The van der Waals surface area contributed by atoms with E-state index in [1.165, 1.54) is 0 Å². The molecule has 5 heteroatoms. The molecule has 2 aromatic carbocycles. The Kier molecular flexibility index (Phi) is 4.55. The smallest absolute Gasteiger partial charge is 0.258 e. The largest absolute Gasteiger partial charge is 0.488 e. The van der Waals surface area contributed by atoms with Crippen molar-refractivity contribution in [2.75, 3.05) is 19.6 Å². The van der Waals surface area contributed by atoms with E-state index >= 15 is 0 Å². The maximum absolute atomic E-state index is 12.7. The summed E-state index contributed by atoms with van der Waals surface area (Å²) in [6.07, 6.45) is 0. The first-order valence-corrected chi connectivity index (χ1v) is 7.66. The van der Waals surface area contributed by atoms with Gasteiger partial charge in [0.25, 0.3) is 5.91 Å². The normalized spacial score (nSPS) is 18.9. The highest BCUT2D eigenvalue weighted by atomic mass is 35.5. The van der Waals surface area contributed by atoms with Crippen LogP contribution in [0.15, 0.2) is 48.5 Å². The van der Waals surface area contributed by atoms with E-state index in [4.69, 9.17) is 4.74 Å². The Balaban J connectivity index is 0.00000156. The number of rotatable bonds is 3. The summed E-state index contributed by atoms with van der Waals surface area (Å²) >= 11 is 0. The zero-order chi connectivity index (χ0) is 14.9. The summed E-state index contributed by atoms with van der Waals surface area (Å²) in [4.78, 5) is 14.6. The van der Waals surface area contributed by atoms with Crippen LogP contribution in [0.25, 0.3) is 0 Å². The lowest BCUT2D eigenvalue weighted by atomic mass is 10.0. The lowest BCUT2D eigenvalue weighted by Gasteiger charge is -2.30. The molecule has 0 radical (unpaired) electrons. The van der Waals surface area contributed by atoms with Crippen molar-refractivity contribution in [3.8, 4) is 5.75 Å². The number of nitrogens with one attached hydrogen (secondary N) is 1. The van der Waals surface area contributed by atoms with Crippen molar-refractivity contribution < 1.29 is 9.53 Å². The van der Waals surface area contributed by atoms with Gasteiger partial charge in [0.15, 0.2) is 0 Å². The third-order valence-corrected chi connectivity index (χ3v) is 4.37. The number of piperazine rings is 1. The van der Waals surface area contributed by atoms with Crippen molar-refractivity contribution in [3.05, 3.63) is 65.2 Å². The Morgan fingerprint density at radius 1 is 1.13 bits per heavy atom. The number of nitrogens with zero attached hydrogens (tertiary/aromatic N) is 1. The van der Waals surface area contributed by atoms with Gasteiger partial charge in [-0.2, -0.15) is 0 Å². The molecule has 4 nitrogen and oxygen atoms in total. The van der Waals surface area contributed by atoms with Crippen LogP contribution >= 0.6 is 12.4 Å². The van der Waals surface area contributed by atoms with Gasteiger partial charge >= 0.3 is 0 Å². The first-order valence-electron chi connectivity index (χ1n) is 7.66. The monoisotopic (exact) mass is 330 g/mol. The quantitative estimate of drug-likeness (QED) is 0.941. The standard InChI is InChI=1S/C18H18N2O2.ClH/c21-18-17-14(15-11-19-9-10-20(15)18)7-4-8-16(17)22-12-13-5-2-1-3-6-13;/h1-8,15,19H,9-12H2;1H. The van der Waals surface area contributed by atoms with E-state index in [1.807, 2.05) is 53.4 Å². The molecule has 2 aromatic rings. The molecule has 2 heterocycles. The molecule has 1 saturated heterocycles. The van der Waals surface area contributed by atoms with E-state index in [0.717, 1.165) is 36.3 Å². The number of carbonyl (C=O) groups excluding carboxylic acids is 1. The van der Waals surface area contributed by atoms with E-state index in [9.17, 15) is 4.79 Å². The van der Waals surface area contributed by atoms with E-state index < -0.39 is 0 Å². The average Bonchev–Trinajstić information content (AvgIpc) is 2.88. The zero-order valence-corrected chi connectivity index (χ0v) is 13.5. The minimum absolute atomic E-state index is 0. The second-order valence-electron chi connectivity index (χ2n) is 5.71. The molecule has 0 saturated carbocycles. The molecule has 23 heavy (non-hydrogen) atoms. The minimum atomic E-state index is 0. The predicted molar refractivity (Wildman–Crippen MR) is 91.1 cm³/mol. The lowest BCUT2D eigenvalue weighted by Crippen LogP contribution is -2.44. The second-order valence-corrected chi connectivity index (χ2v) is 5.71. The van der Waals surface area contributed by atoms with E-state index in [1.54, 1.807) is 0 Å². The fourth-order valence-corrected chi connectivity index (χ4v) is 3.28. The molecule has 1 fully saturated rings. The number of ether oxygens (including phenoxy) is 1. The Bertz CT molecular complexity index is 705. The molecule has 4 rings (SSSR count). The van der Waals surface area contributed by atoms with Crippen molar-refractivity contribution >= 4 is 18.3 Å². The minimum Gasteiger partial charge on any atom is -0.488 e. The maximum atomic E-state index is 12.7. The highest BCUT2D eigenvalue weighted by molar-refractivity contribution is 6.02. The molecule has 1 N–H and O–H groups in total. The van der Waals surface area contributed by atoms with Gasteiger partial charge in [0.1, 0.15) is 12.4 Å². The van der Waals surface area contributed by atoms with Crippen LogP contribution < -0.4 is 10.1 Å².